The number of aromatic nitrogens is 1. The zero-order valence-electron chi connectivity index (χ0n) is 13.3. The van der Waals surface area contributed by atoms with Crippen molar-refractivity contribution in [2.24, 2.45) is 4.99 Å². The third kappa shape index (κ3) is 4.41. The monoisotopic (exact) mass is 410 g/mol. The highest BCUT2D eigenvalue weighted by Gasteiger charge is 2.05. The molecule has 0 unspecified atom stereocenters. The maximum atomic E-state index is 5.26. The maximum Gasteiger partial charge on any atom is 0.192 e. The van der Waals surface area contributed by atoms with Crippen LogP contribution < -0.4 is 10.6 Å². The molecule has 0 spiro atoms. The fourth-order valence-corrected chi connectivity index (χ4v) is 2.25. The van der Waals surface area contributed by atoms with Crippen LogP contribution in [0.5, 0.6) is 0 Å². The number of fused-ring (bicyclic) bond motifs is 1. The number of aliphatic imine (C=N–C) groups is 1. The standard InChI is InChI=1S/C17H22N4.HI/c1-5-9-19-17(18-6-2)20-11-14-7-8-16-15(10-14)12(3)13(4)21-16;/h1,7-8,10,21H,6,9,11H2,2-4H3,(H2,18,19,20);1H. The normalized spacial score (nSPS) is 10.9. The molecule has 0 amide bonds. The van der Waals surface area contributed by atoms with Gasteiger partial charge in [-0.05, 0) is 44.0 Å². The summed E-state index contributed by atoms with van der Waals surface area (Å²) in [6.45, 7) is 8.18. The average molecular weight is 410 g/mol. The summed E-state index contributed by atoms with van der Waals surface area (Å²) in [6.07, 6.45) is 5.26. The molecule has 22 heavy (non-hydrogen) atoms. The Balaban J connectivity index is 0.00000242. The molecule has 0 saturated carbocycles. The van der Waals surface area contributed by atoms with E-state index in [1.807, 2.05) is 6.92 Å². The van der Waals surface area contributed by atoms with Gasteiger partial charge in [0.25, 0.3) is 0 Å². The summed E-state index contributed by atoms with van der Waals surface area (Å²) in [7, 11) is 0. The molecule has 1 heterocycles. The summed E-state index contributed by atoms with van der Waals surface area (Å²) < 4.78 is 0. The number of hydrogen-bond acceptors (Lipinski definition) is 1. The Morgan fingerprint density at radius 3 is 2.77 bits per heavy atom. The molecule has 4 nitrogen and oxygen atoms in total. The van der Waals surface area contributed by atoms with Crippen LogP contribution in [0.2, 0.25) is 0 Å². The molecule has 0 bridgehead atoms. The van der Waals surface area contributed by atoms with E-state index in [-0.39, 0.29) is 24.0 Å². The zero-order valence-corrected chi connectivity index (χ0v) is 15.6. The highest BCUT2D eigenvalue weighted by atomic mass is 127. The molecular formula is C17H23IN4. The molecule has 2 rings (SSSR count). The first-order valence-electron chi connectivity index (χ1n) is 7.19. The molecule has 0 fully saturated rings. The first kappa shape index (κ1) is 18.4. The Morgan fingerprint density at radius 2 is 2.09 bits per heavy atom. The van der Waals surface area contributed by atoms with E-state index >= 15 is 0 Å². The molecule has 5 heteroatoms. The Morgan fingerprint density at radius 1 is 1.32 bits per heavy atom. The van der Waals surface area contributed by atoms with Gasteiger partial charge in [0, 0.05) is 23.1 Å². The second-order valence-corrected chi connectivity index (χ2v) is 5.01. The summed E-state index contributed by atoms with van der Waals surface area (Å²) in [5.41, 5.74) is 4.88. The first-order valence-corrected chi connectivity index (χ1v) is 7.19. The summed E-state index contributed by atoms with van der Waals surface area (Å²) >= 11 is 0. The van der Waals surface area contributed by atoms with Gasteiger partial charge in [0.05, 0.1) is 13.1 Å². The Labute approximate surface area is 149 Å². The van der Waals surface area contributed by atoms with Crippen LogP contribution in [0, 0.1) is 26.2 Å². The first-order chi connectivity index (χ1) is 10.2. The number of rotatable bonds is 4. The summed E-state index contributed by atoms with van der Waals surface area (Å²) in [5.74, 6) is 3.30. The van der Waals surface area contributed by atoms with Crippen LogP contribution in [0.15, 0.2) is 23.2 Å². The van der Waals surface area contributed by atoms with E-state index in [9.17, 15) is 0 Å². The van der Waals surface area contributed by atoms with Gasteiger partial charge in [0.1, 0.15) is 0 Å². The number of aryl methyl sites for hydroxylation is 2. The molecule has 2 aromatic rings. The van der Waals surface area contributed by atoms with Gasteiger partial charge in [-0.3, -0.25) is 0 Å². The summed E-state index contributed by atoms with van der Waals surface area (Å²) in [4.78, 5) is 7.94. The minimum Gasteiger partial charge on any atom is -0.358 e. The lowest BCUT2D eigenvalue weighted by Gasteiger charge is -2.08. The number of halogens is 1. The minimum atomic E-state index is 0. The van der Waals surface area contributed by atoms with Crippen molar-refractivity contribution in [1.29, 1.82) is 0 Å². The molecule has 0 aliphatic heterocycles. The van der Waals surface area contributed by atoms with Gasteiger partial charge in [-0.2, -0.15) is 0 Å². The van der Waals surface area contributed by atoms with Crippen molar-refractivity contribution in [3.8, 4) is 12.3 Å². The van der Waals surface area contributed by atoms with Crippen molar-refractivity contribution in [2.75, 3.05) is 13.1 Å². The molecule has 0 radical (unpaired) electrons. The number of hydrogen-bond donors (Lipinski definition) is 3. The number of nitrogens with one attached hydrogen (secondary N) is 3. The van der Waals surface area contributed by atoms with Gasteiger partial charge in [-0.1, -0.05) is 12.0 Å². The highest BCUT2D eigenvalue weighted by Crippen LogP contribution is 2.22. The molecular weight excluding hydrogens is 387 g/mol. The molecule has 1 aromatic carbocycles. The van der Waals surface area contributed by atoms with E-state index in [4.69, 9.17) is 6.42 Å². The van der Waals surface area contributed by atoms with Crippen molar-refractivity contribution >= 4 is 40.8 Å². The van der Waals surface area contributed by atoms with E-state index in [0.29, 0.717) is 13.1 Å². The lowest BCUT2D eigenvalue weighted by atomic mass is 10.1. The van der Waals surface area contributed by atoms with Crippen LogP contribution in [-0.2, 0) is 6.54 Å². The number of benzene rings is 1. The van der Waals surface area contributed by atoms with Crippen molar-refractivity contribution in [2.45, 2.75) is 27.3 Å². The molecule has 0 atom stereocenters. The number of aromatic amines is 1. The van der Waals surface area contributed by atoms with Gasteiger partial charge in [-0.25, -0.2) is 4.99 Å². The van der Waals surface area contributed by atoms with Gasteiger partial charge < -0.3 is 15.6 Å². The quantitative estimate of drug-likeness (QED) is 0.314. The van der Waals surface area contributed by atoms with Crippen molar-refractivity contribution < 1.29 is 0 Å². The Bertz CT molecular complexity index is 694. The predicted molar refractivity (Wildman–Crippen MR) is 105 cm³/mol. The smallest absolute Gasteiger partial charge is 0.192 e. The molecule has 3 N–H and O–H groups in total. The van der Waals surface area contributed by atoms with Crippen LogP contribution in [0.4, 0.5) is 0 Å². The van der Waals surface area contributed by atoms with E-state index in [2.05, 4.69) is 58.6 Å². The number of terminal acetylenes is 1. The second kappa shape index (κ2) is 8.69. The van der Waals surface area contributed by atoms with Crippen molar-refractivity contribution in [3.63, 3.8) is 0 Å². The zero-order chi connectivity index (χ0) is 15.2. The van der Waals surface area contributed by atoms with E-state index in [1.165, 1.54) is 27.7 Å². The largest absolute Gasteiger partial charge is 0.358 e. The van der Waals surface area contributed by atoms with Crippen LogP contribution in [-0.4, -0.2) is 24.0 Å². The Kier molecular flexibility index (Phi) is 7.25. The predicted octanol–water partition coefficient (Wildman–Crippen LogP) is 3.09. The second-order valence-electron chi connectivity index (χ2n) is 5.01. The topological polar surface area (TPSA) is 52.2 Å². The number of guanidine groups is 1. The lowest BCUT2D eigenvalue weighted by molar-refractivity contribution is 0.865. The Hall–Kier alpha value is -1.68. The lowest BCUT2D eigenvalue weighted by Crippen LogP contribution is -2.37. The SMILES string of the molecule is C#CCNC(=NCc1ccc2[nH]c(C)c(C)c2c1)NCC.I. The van der Waals surface area contributed by atoms with Gasteiger partial charge in [-0.15, -0.1) is 30.4 Å². The third-order valence-electron chi connectivity index (χ3n) is 3.49. The van der Waals surface area contributed by atoms with Crippen LogP contribution in [0.3, 0.4) is 0 Å². The third-order valence-corrected chi connectivity index (χ3v) is 3.49. The molecule has 0 aliphatic carbocycles. The molecule has 0 saturated heterocycles. The van der Waals surface area contributed by atoms with Gasteiger partial charge in [0.2, 0.25) is 0 Å². The fraction of sp³-hybridized carbons (Fsp3) is 0.353. The van der Waals surface area contributed by atoms with Gasteiger partial charge >= 0.3 is 0 Å². The molecule has 1 aromatic heterocycles. The van der Waals surface area contributed by atoms with Gasteiger partial charge in [0.15, 0.2) is 5.96 Å². The van der Waals surface area contributed by atoms with Crippen LogP contribution in [0.1, 0.15) is 23.7 Å². The summed E-state index contributed by atoms with van der Waals surface area (Å²) in [5, 5.41) is 7.53. The van der Waals surface area contributed by atoms with E-state index in [0.717, 1.165) is 12.5 Å². The van der Waals surface area contributed by atoms with Crippen molar-refractivity contribution in [1.82, 2.24) is 15.6 Å². The van der Waals surface area contributed by atoms with E-state index in [1.54, 1.807) is 0 Å². The highest BCUT2D eigenvalue weighted by molar-refractivity contribution is 14.0. The van der Waals surface area contributed by atoms with Crippen LogP contribution in [0.25, 0.3) is 10.9 Å². The number of nitrogens with zero attached hydrogens (tertiary/aromatic N) is 1. The van der Waals surface area contributed by atoms with Crippen LogP contribution >= 0.6 is 24.0 Å². The minimum absolute atomic E-state index is 0. The number of H-pyrrole nitrogens is 1. The fourth-order valence-electron chi connectivity index (χ4n) is 2.25. The maximum absolute atomic E-state index is 5.26. The summed E-state index contributed by atoms with van der Waals surface area (Å²) in [6, 6.07) is 6.41. The van der Waals surface area contributed by atoms with Crippen molar-refractivity contribution in [3.05, 3.63) is 35.0 Å². The molecule has 118 valence electrons. The molecule has 0 aliphatic rings. The average Bonchev–Trinajstić information content (AvgIpc) is 2.77. The van der Waals surface area contributed by atoms with E-state index < -0.39 is 0 Å².